The molecule has 2 heterocycles. The molecule has 0 aliphatic rings. The van der Waals surface area contributed by atoms with Gasteiger partial charge in [0.25, 0.3) is 0 Å². The monoisotopic (exact) mass is 409 g/mol. The van der Waals surface area contributed by atoms with Crippen molar-refractivity contribution in [2.45, 2.75) is 39.8 Å². The molecule has 0 unspecified atom stereocenters. The van der Waals surface area contributed by atoms with Gasteiger partial charge in [0.15, 0.2) is 0 Å². The van der Waals surface area contributed by atoms with Gasteiger partial charge in [-0.3, -0.25) is 0 Å². The molecule has 2 amide bonds. The van der Waals surface area contributed by atoms with Crippen LogP contribution in [0.5, 0.6) is 0 Å². The Bertz CT molecular complexity index is 932. The van der Waals surface area contributed by atoms with Crippen molar-refractivity contribution < 1.29 is 9.21 Å². The number of nitrogens with one attached hydrogen (secondary N) is 1. The van der Waals surface area contributed by atoms with Crippen LogP contribution in [0.2, 0.25) is 0 Å². The summed E-state index contributed by atoms with van der Waals surface area (Å²) >= 11 is 0. The molecule has 0 bridgehead atoms. The van der Waals surface area contributed by atoms with Gasteiger partial charge in [0, 0.05) is 26.2 Å². The molecule has 0 spiro atoms. The number of furan rings is 1. The fourth-order valence-corrected chi connectivity index (χ4v) is 3.46. The van der Waals surface area contributed by atoms with E-state index in [2.05, 4.69) is 17.1 Å². The molecule has 0 saturated carbocycles. The summed E-state index contributed by atoms with van der Waals surface area (Å²) in [5, 5.41) is 7.88. The van der Waals surface area contributed by atoms with E-state index in [1.165, 1.54) is 0 Å². The molecule has 1 aromatic carbocycles. The highest BCUT2D eigenvalue weighted by molar-refractivity contribution is 5.74. The summed E-state index contributed by atoms with van der Waals surface area (Å²) < 4.78 is 7.47. The normalized spacial score (nSPS) is 10.8. The minimum absolute atomic E-state index is 0.104. The van der Waals surface area contributed by atoms with E-state index in [0.717, 1.165) is 41.4 Å². The smallest absolute Gasteiger partial charge is 0.318 e. The summed E-state index contributed by atoms with van der Waals surface area (Å²) in [5.74, 6) is 1.73. The number of carbonyl (C=O) groups excluding carboxylic acids is 1. The molecule has 0 atom stereocenters. The largest absolute Gasteiger partial charge is 0.467 e. The zero-order valence-corrected chi connectivity index (χ0v) is 18.3. The quantitative estimate of drug-likeness (QED) is 0.575. The van der Waals surface area contributed by atoms with E-state index in [0.29, 0.717) is 19.6 Å². The van der Waals surface area contributed by atoms with Crippen LogP contribution in [0, 0.1) is 0 Å². The third kappa shape index (κ3) is 4.84. The number of hydrogen-bond acceptors (Lipinski definition) is 4. The van der Waals surface area contributed by atoms with E-state index in [1.807, 2.05) is 68.2 Å². The van der Waals surface area contributed by atoms with Crippen molar-refractivity contribution in [2.75, 3.05) is 25.5 Å². The first-order chi connectivity index (χ1) is 14.5. The molecule has 3 rings (SSSR count). The topological polar surface area (TPSA) is 66.5 Å². The maximum atomic E-state index is 12.9. The predicted octanol–water partition coefficient (Wildman–Crippen LogP) is 4.22. The molecule has 2 aromatic heterocycles. The van der Waals surface area contributed by atoms with Gasteiger partial charge >= 0.3 is 6.03 Å². The van der Waals surface area contributed by atoms with Crippen molar-refractivity contribution in [3.05, 3.63) is 65.7 Å². The number of anilines is 1. The average Bonchev–Trinajstić information content (AvgIpc) is 3.39. The first-order valence-corrected chi connectivity index (χ1v) is 10.4. The van der Waals surface area contributed by atoms with Crippen LogP contribution in [0.3, 0.4) is 0 Å². The van der Waals surface area contributed by atoms with E-state index < -0.39 is 0 Å². The number of carbonyl (C=O) groups is 1. The summed E-state index contributed by atoms with van der Waals surface area (Å²) in [7, 11) is 4.01. The van der Waals surface area contributed by atoms with Gasteiger partial charge in [-0.15, -0.1) is 0 Å². The molecule has 0 aliphatic heterocycles. The van der Waals surface area contributed by atoms with Crippen LogP contribution in [0.15, 0.2) is 53.1 Å². The number of hydrogen-bond donors (Lipinski definition) is 1. The molecule has 0 fully saturated rings. The molecule has 7 heteroatoms. The zero-order chi connectivity index (χ0) is 21.5. The number of urea groups is 1. The van der Waals surface area contributed by atoms with Gasteiger partial charge in [-0.05, 0) is 37.1 Å². The predicted molar refractivity (Wildman–Crippen MR) is 119 cm³/mol. The van der Waals surface area contributed by atoms with Gasteiger partial charge < -0.3 is 19.5 Å². The molecule has 160 valence electrons. The Hall–Kier alpha value is -3.22. The maximum absolute atomic E-state index is 12.9. The van der Waals surface area contributed by atoms with Crippen LogP contribution in [0.1, 0.15) is 37.3 Å². The van der Waals surface area contributed by atoms with Crippen LogP contribution in [0.25, 0.3) is 5.69 Å². The number of aromatic nitrogens is 2. The highest BCUT2D eigenvalue weighted by atomic mass is 16.3. The van der Waals surface area contributed by atoms with E-state index in [1.54, 1.807) is 11.2 Å². The minimum Gasteiger partial charge on any atom is -0.467 e. The van der Waals surface area contributed by atoms with Crippen molar-refractivity contribution in [1.82, 2.24) is 20.0 Å². The number of benzene rings is 1. The summed E-state index contributed by atoms with van der Waals surface area (Å²) in [4.78, 5) is 16.8. The highest BCUT2D eigenvalue weighted by Gasteiger charge is 2.24. The maximum Gasteiger partial charge on any atom is 0.318 e. The average molecular weight is 410 g/mol. The third-order valence-corrected chi connectivity index (χ3v) is 4.89. The van der Waals surface area contributed by atoms with Crippen LogP contribution < -0.4 is 10.2 Å². The first kappa shape index (κ1) is 21.5. The molecule has 0 radical (unpaired) electrons. The van der Waals surface area contributed by atoms with E-state index in [-0.39, 0.29) is 6.03 Å². The molecule has 3 aromatic rings. The van der Waals surface area contributed by atoms with E-state index in [9.17, 15) is 4.79 Å². The van der Waals surface area contributed by atoms with Crippen molar-refractivity contribution in [3.63, 3.8) is 0 Å². The van der Waals surface area contributed by atoms with Gasteiger partial charge in [-0.2, -0.15) is 5.10 Å². The lowest BCUT2D eigenvalue weighted by Crippen LogP contribution is -2.39. The Morgan fingerprint density at radius 2 is 1.87 bits per heavy atom. The lowest BCUT2D eigenvalue weighted by atomic mass is 10.1. The molecule has 30 heavy (non-hydrogen) atoms. The van der Waals surface area contributed by atoms with Crippen LogP contribution in [0.4, 0.5) is 10.6 Å². The minimum atomic E-state index is -0.104. The summed E-state index contributed by atoms with van der Waals surface area (Å²) in [6.07, 6.45) is 3.30. The number of nitrogens with zero attached hydrogens (tertiary/aromatic N) is 4. The zero-order valence-electron chi connectivity index (χ0n) is 18.3. The molecule has 7 nitrogen and oxygen atoms in total. The Morgan fingerprint density at radius 3 is 2.47 bits per heavy atom. The highest BCUT2D eigenvalue weighted by Crippen LogP contribution is 2.28. The lowest BCUT2D eigenvalue weighted by Gasteiger charge is -2.24. The first-order valence-electron chi connectivity index (χ1n) is 10.4. The van der Waals surface area contributed by atoms with Gasteiger partial charge in [0.05, 0.1) is 30.7 Å². The molecule has 1 N–H and O–H groups in total. The SMILES string of the molecule is CCCNC(=O)N(Cc1ccco1)Cc1c(CC)nn(-c2ccccc2)c1N(C)C. The lowest BCUT2D eigenvalue weighted by molar-refractivity contribution is 0.187. The van der Waals surface area contributed by atoms with Crippen molar-refractivity contribution >= 4 is 11.8 Å². The van der Waals surface area contributed by atoms with Crippen molar-refractivity contribution in [3.8, 4) is 5.69 Å². The van der Waals surface area contributed by atoms with Crippen molar-refractivity contribution in [1.29, 1.82) is 0 Å². The fourth-order valence-electron chi connectivity index (χ4n) is 3.46. The molecule has 0 saturated heterocycles. The van der Waals surface area contributed by atoms with Crippen LogP contribution in [-0.2, 0) is 19.5 Å². The van der Waals surface area contributed by atoms with E-state index in [4.69, 9.17) is 9.52 Å². The Kier molecular flexibility index (Phi) is 7.17. The van der Waals surface area contributed by atoms with E-state index >= 15 is 0 Å². The van der Waals surface area contributed by atoms with Gasteiger partial charge in [0.1, 0.15) is 11.6 Å². The fraction of sp³-hybridized carbons (Fsp3) is 0.391. The van der Waals surface area contributed by atoms with Gasteiger partial charge in [-0.1, -0.05) is 32.0 Å². The molecule has 0 aliphatic carbocycles. The summed E-state index contributed by atoms with van der Waals surface area (Å²) in [5.41, 5.74) is 3.02. The van der Waals surface area contributed by atoms with Gasteiger partial charge in [-0.25, -0.2) is 9.48 Å². The van der Waals surface area contributed by atoms with Crippen LogP contribution >= 0.6 is 0 Å². The molecular weight excluding hydrogens is 378 g/mol. The van der Waals surface area contributed by atoms with Crippen molar-refractivity contribution in [2.24, 2.45) is 0 Å². The van der Waals surface area contributed by atoms with Crippen LogP contribution in [-0.4, -0.2) is 41.4 Å². The second-order valence-electron chi connectivity index (χ2n) is 7.41. The Morgan fingerprint density at radius 1 is 1.10 bits per heavy atom. The molecular formula is C23H31N5O2. The van der Waals surface area contributed by atoms with Gasteiger partial charge in [0.2, 0.25) is 0 Å². The second-order valence-corrected chi connectivity index (χ2v) is 7.41. The summed E-state index contributed by atoms with van der Waals surface area (Å²) in [6, 6.07) is 13.7. The number of aryl methyl sites for hydroxylation is 1. The Labute approximate surface area is 178 Å². The second kappa shape index (κ2) is 10.0. The number of para-hydroxylation sites is 1. The summed E-state index contributed by atoms with van der Waals surface area (Å²) in [6.45, 7) is 5.61. The number of amides is 2. The Balaban J connectivity index is 2.00. The number of rotatable bonds is 9. The third-order valence-electron chi connectivity index (χ3n) is 4.89. The standard InChI is InChI=1S/C23H31N5O2/c1-5-14-24-23(29)27(16-19-13-10-15-30-19)17-20-21(6-2)25-28(22(20)26(3)4)18-11-8-7-9-12-18/h7-13,15H,5-6,14,16-17H2,1-4H3,(H,24,29).